The maximum atomic E-state index is 13.2. The van der Waals surface area contributed by atoms with Crippen LogP contribution in [0.4, 0.5) is 22.9 Å². The van der Waals surface area contributed by atoms with E-state index in [0.717, 1.165) is 16.7 Å². The van der Waals surface area contributed by atoms with E-state index in [1.165, 1.54) is 34.9 Å². The summed E-state index contributed by atoms with van der Waals surface area (Å²) in [4.78, 5) is 69.0. The number of benzene rings is 6. The van der Waals surface area contributed by atoms with Gasteiger partial charge in [0, 0.05) is 88.7 Å². The van der Waals surface area contributed by atoms with Crippen molar-refractivity contribution in [2.75, 3.05) is 29.0 Å². The van der Waals surface area contributed by atoms with Crippen molar-refractivity contribution in [2.45, 2.75) is 39.5 Å². The van der Waals surface area contributed by atoms with Crippen LogP contribution in [-0.4, -0.2) is 55.7 Å². The molecule has 0 radical (unpaired) electrons. The second kappa shape index (κ2) is 19.9. The predicted octanol–water partition coefficient (Wildman–Crippen LogP) is 9.44. The number of aromatic carboxylic acids is 1. The van der Waals surface area contributed by atoms with E-state index in [1.807, 2.05) is 49.4 Å². The average Bonchev–Trinajstić information content (AvgIpc) is 3.32. The normalized spacial score (nSPS) is 11.3. The van der Waals surface area contributed by atoms with Gasteiger partial charge in [0.1, 0.15) is 17.1 Å². The van der Waals surface area contributed by atoms with Crippen molar-refractivity contribution in [1.29, 1.82) is 0 Å². The van der Waals surface area contributed by atoms with Crippen molar-refractivity contribution in [3.05, 3.63) is 176 Å². The van der Waals surface area contributed by atoms with E-state index in [-0.39, 0.29) is 61.8 Å². The first-order chi connectivity index (χ1) is 33.4. The molecule has 354 valence electrons. The number of fused-ring (bicyclic) bond motifs is 2. The van der Waals surface area contributed by atoms with Crippen LogP contribution in [-0.2, 0) is 12.5 Å². The Morgan fingerprint density at radius 3 is 2.17 bits per heavy atom. The van der Waals surface area contributed by atoms with Gasteiger partial charge in [0.25, 0.3) is 17.4 Å². The third-order valence-electron chi connectivity index (χ3n) is 11.7. The van der Waals surface area contributed by atoms with Gasteiger partial charge in [0.15, 0.2) is 16.4 Å². The van der Waals surface area contributed by atoms with Crippen LogP contribution in [0.5, 0.6) is 5.75 Å². The number of phenols is 1. The second-order valence-electron chi connectivity index (χ2n) is 17.7. The number of aromatic nitrogens is 2. The summed E-state index contributed by atoms with van der Waals surface area (Å²) in [6, 6.07) is 33.3. The molecule has 0 unspecified atom stereocenters. The van der Waals surface area contributed by atoms with Gasteiger partial charge in [-0.2, -0.15) is 0 Å². The lowest BCUT2D eigenvalue weighted by Gasteiger charge is -2.19. The zero-order valence-electron chi connectivity index (χ0n) is 38.9. The van der Waals surface area contributed by atoms with Crippen LogP contribution < -0.4 is 37.6 Å². The summed E-state index contributed by atoms with van der Waals surface area (Å²) in [7, 11) is 1.64. The van der Waals surface area contributed by atoms with Gasteiger partial charge in [0.05, 0.1) is 11.3 Å². The minimum atomic E-state index is -1.19. The number of nitrogens with one attached hydrogen (secondary N) is 5. The lowest BCUT2D eigenvalue weighted by molar-refractivity contribution is 0.0697. The van der Waals surface area contributed by atoms with E-state index in [2.05, 4.69) is 52.3 Å². The molecule has 1 aliphatic carbocycles. The van der Waals surface area contributed by atoms with Gasteiger partial charge in [-0.15, -0.1) is 0 Å². The monoisotopic (exact) mass is 955 g/mol. The first-order valence-corrected chi connectivity index (χ1v) is 22.7. The summed E-state index contributed by atoms with van der Waals surface area (Å²) in [5.41, 5.74) is 6.68. The topological polar surface area (TPSA) is 217 Å². The number of aryl methyl sites for hydroxylation is 1. The van der Waals surface area contributed by atoms with E-state index in [9.17, 15) is 34.2 Å². The maximum Gasteiger partial charge on any atom is 0.336 e. The van der Waals surface area contributed by atoms with Crippen molar-refractivity contribution < 1.29 is 29.0 Å². The van der Waals surface area contributed by atoms with Crippen LogP contribution in [0.3, 0.4) is 0 Å². The fraction of sp³-hybridized carbons (Fsp3) is 0.167. The van der Waals surface area contributed by atoms with Crippen molar-refractivity contribution >= 4 is 69.0 Å². The first kappa shape index (κ1) is 47.8. The number of carbonyl (C=O) groups is 3. The summed E-state index contributed by atoms with van der Waals surface area (Å²) in [5, 5.41) is 36.3. The van der Waals surface area contributed by atoms with Crippen LogP contribution in [0.1, 0.15) is 69.4 Å². The Labute approximate surface area is 407 Å². The summed E-state index contributed by atoms with van der Waals surface area (Å²) < 4.78 is 7.35. The van der Waals surface area contributed by atoms with Gasteiger partial charge in [0.2, 0.25) is 0 Å². The lowest BCUT2D eigenvalue weighted by atomic mass is 9.86. The molecule has 16 heteroatoms. The molecule has 6 aromatic rings. The van der Waals surface area contributed by atoms with Crippen LogP contribution >= 0.6 is 12.2 Å². The highest BCUT2D eigenvalue weighted by molar-refractivity contribution is 7.80. The molecule has 2 aliphatic rings. The van der Waals surface area contributed by atoms with E-state index in [4.69, 9.17) is 16.6 Å². The summed E-state index contributed by atoms with van der Waals surface area (Å²) in [6.45, 7) is 8.96. The number of hydrogen-bond donors (Lipinski definition) is 7. The molecule has 0 spiro atoms. The molecule has 1 aliphatic heterocycles. The SMILES string of the molecule is Cc1c(NC(=O)c2ccc(C(C)(C)C)cc2)cccc1-c1cn(C)c(=O)c(Nc2ccc(C(=O)NCCCNC(=S)Nc3ccc(-c4c5ccc(=O)cc-5oc5cc(O)ccc45)c(C(=O)O)c3)cc2)n1. The molecule has 0 fully saturated rings. The number of nitrogens with zero attached hydrogens (tertiary/aromatic N) is 2. The zero-order valence-corrected chi connectivity index (χ0v) is 39.7. The Morgan fingerprint density at radius 2 is 1.44 bits per heavy atom. The predicted molar refractivity (Wildman–Crippen MR) is 277 cm³/mol. The Bertz CT molecular complexity index is 3430. The van der Waals surface area contributed by atoms with E-state index in [1.54, 1.807) is 61.8 Å². The molecule has 0 saturated carbocycles. The third kappa shape index (κ3) is 10.6. The van der Waals surface area contributed by atoms with Gasteiger partial charge in [-0.3, -0.25) is 19.2 Å². The molecule has 8 rings (SSSR count). The van der Waals surface area contributed by atoms with E-state index >= 15 is 0 Å². The molecule has 0 saturated heterocycles. The van der Waals surface area contributed by atoms with E-state index in [0.29, 0.717) is 75.5 Å². The number of phenolic OH excluding ortho intramolecular Hbond substituents is 1. The Hall–Kier alpha value is -8.63. The summed E-state index contributed by atoms with van der Waals surface area (Å²) >= 11 is 5.49. The van der Waals surface area contributed by atoms with Crippen molar-refractivity contribution in [2.24, 2.45) is 7.05 Å². The van der Waals surface area contributed by atoms with Crippen molar-refractivity contribution in [1.82, 2.24) is 20.2 Å². The largest absolute Gasteiger partial charge is 0.508 e. The maximum absolute atomic E-state index is 13.2. The highest BCUT2D eigenvalue weighted by Crippen LogP contribution is 2.42. The molecular weight excluding hydrogens is 907 g/mol. The molecule has 1 aromatic heterocycles. The fourth-order valence-corrected chi connectivity index (χ4v) is 8.18. The highest BCUT2D eigenvalue weighted by atomic mass is 32.1. The van der Waals surface area contributed by atoms with Gasteiger partial charge >= 0.3 is 5.97 Å². The molecule has 0 atom stereocenters. The average molecular weight is 956 g/mol. The number of anilines is 4. The smallest absolute Gasteiger partial charge is 0.336 e. The molecule has 70 heavy (non-hydrogen) atoms. The van der Waals surface area contributed by atoms with Crippen LogP contribution in [0.25, 0.3) is 44.7 Å². The summed E-state index contributed by atoms with van der Waals surface area (Å²) in [6.07, 6.45) is 2.15. The van der Waals surface area contributed by atoms with Crippen molar-refractivity contribution in [3.63, 3.8) is 0 Å². The molecule has 5 aromatic carbocycles. The minimum absolute atomic E-state index is 0.0298. The number of carboxylic acid groups (broad SMARTS) is 1. The molecular formula is C54H49N7O8S. The van der Waals surface area contributed by atoms with Gasteiger partial charge < -0.3 is 45.8 Å². The summed E-state index contributed by atoms with van der Waals surface area (Å²) in [5.74, 6) is -1.45. The number of rotatable bonds is 13. The number of thiocarbonyl (C=S) groups is 1. The highest BCUT2D eigenvalue weighted by Gasteiger charge is 2.23. The number of carboxylic acids is 1. The standard InChI is InChI=1S/C54H49N7O8S/c1-30-38(8-6-9-43(30)60-50(65)32-10-14-33(15-11-32)54(2,3)4)44-29-61(5)51(66)48(59-44)57-34-16-12-31(13-17-34)49(64)55-24-7-25-56-53(70)58-35-18-21-39(42(26-35)52(67)68)47-40-22-19-36(62)27-45(40)69-46-28-37(63)20-23-41(46)47/h6,8-23,26-29,62H,7,24-25H2,1-5H3,(H,55,64)(H,57,59)(H,60,65)(H,67,68)(H2,56,58,70). The number of carbonyl (C=O) groups excluding carboxylic acids is 2. The molecule has 2 amide bonds. The number of amides is 2. The molecule has 7 N–H and O–H groups in total. The molecule has 0 bridgehead atoms. The Kier molecular flexibility index (Phi) is 13.6. The zero-order chi connectivity index (χ0) is 49.9. The van der Waals surface area contributed by atoms with Crippen LogP contribution in [0, 0.1) is 6.92 Å². The molecule has 2 heterocycles. The number of hydrogen-bond acceptors (Lipinski definition) is 10. The van der Waals surface area contributed by atoms with Gasteiger partial charge in [-0.25, -0.2) is 9.78 Å². The quantitative estimate of drug-likeness (QED) is 0.0326. The lowest BCUT2D eigenvalue weighted by Crippen LogP contribution is -2.32. The second-order valence-corrected chi connectivity index (χ2v) is 18.1. The van der Waals surface area contributed by atoms with E-state index < -0.39 is 5.97 Å². The first-order valence-electron chi connectivity index (χ1n) is 22.3. The Morgan fingerprint density at radius 1 is 0.757 bits per heavy atom. The molecule has 15 nitrogen and oxygen atoms in total. The van der Waals surface area contributed by atoms with Crippen LogP contribution in [0.2, 0.25) is 0 Å². The van der Waals surface area contributed by atoms with Gasteiger partial charge in [-0.05, 0) is 127 Å². The fourth-order valence-electron chi connectivity index (χ4n) is 7.96. The Balaban J connectivity index is 0.848. The third-order valence-corrected chi connectivity index (χ3v) is 12.0. The van der Waals surface area contributed by atoms with Crippen molar-refractivity contribution in [3.8, 4) is 39.5 Å². The minimum Gasteiger partial charge on any atom is -0.508 e. The van der Waals surface area contributed by atoms with Crippen LogP contribution in [0.15, 0.2) is 142 Å². The van der Waals surface area contributed by atoms with Gasteiger partial charge in [-0.1, -0.05) is 51.1 Å². The number of aromatic hydroxyl groups is 1.